The second-order valence-electron chi connectivity index (χ2n) is 4.14. The number of hydrogen-bond acceptors (Lipinski definition) is 5. The van der Waals surface area contributed by atoms with Crippen molar-refractivity contribution < 1.29 is 4.79 Å². The van der Waals surface area contributed by atoms with Crippen molar-refractivity contribution in [3.05, 3.63) is 35.4 Å². The molecule has 0 bridgehead atoms. The summed E-state index contributed by atoms with van der Waals surface area (Å²) in [4.78, 5) is 16.3. The van der Waals surface area contributed by atoms with Crippen LogP contribution in [0.4, 0.5) is 11.5 Å². The maximum atomic E-state index is 12.2. The lowest BCUT2D eigenvalue weighted by Gasteiger charge is -2.01. The van der Waals surface area contributed by atoms with Gasteiger partial charge in [0.15, 0.2) is 10.8 Å². The predicted molar refractivity (Wildman–Crippen MR) is 73.6 cm³/mol. The van der Waals surface area contributed by atoms with Gasteiger partial charge in [-0.05, 0) is 6.07 Å². The van der Waals surface area contributed by atoms with Gasteiger partial charge in [-0.15, -0.1) is 0 Å². The molecule has 9 heteroatoms. The van der Waals surface area contributed by atoms with E-state index in [1.165, 1.54) is 15.4 Å². The Morgan fingerprint density at radius 3 is 3.00 bits per heavy atom. The highest BCUT2D eigenvalue weighted by Crippen LogP contribution is 2.20. The van der Waals surface area contributed by atoms with E-state index in [2.05, 4.69) is 20.5 Å². The van der Waals surface area contributed by atoms with Gasteiger partial charge in [0.2, 0.25) is 0 Å². The molecule has 3 heterocycles. The smallest absolute Gasteiger partial charge is 0.261 e. The number of fused-ring (bicyclic) bond motifs is 1. The molecule has 0 unspecified atom stereocenters. The van der Waals surface area contributed by atoms with Crippen LogP contribution >= 0.6 is 11.6 Å². The number of anilines is 2. The highest BCUT2D eigenvalue weighted by molar-refractivity contribution is 6.32. The van der Waals surface area contributed by atoms with Crippen LogP contribution in [-0.2, 0) is 7.05 Å². The van der Waals surface area contributed by atoms with Gasteiger partial charge in [-0.25, -0.2) is 9.50 Å². The van der Waals surface area contributed by atoms with Gasteiger partial charge in [0.1, 0.15) is 11.4 Å². The zero-order valence-corrected chi connectivity index (χ0v) is 11.2. The minimum absolute atomic E-state index is 0.213. The summed E-state index contributed by atoms with van der Waals surface area (Å²) >= 11 is 5.89. The van der Waals surface area contributed by atoms with Crippen LogP contribution in [0.15, 0.2) is 24.7 Å². The van der Waals surface area contributed by atoms with E-state index in [-0.39, 0.29) is 11.1 Å². The fourth-order valence-electron chi connectivity index (χ4n) is 1.78. The Bertz CT molecular complexity index is 806. The van der Waals surface area contributed by atoms with E-state index in [1.54, 1.807) is 25.5 Å². The Morgan fingerprint density at radius 2 is 2.30 bits per heavy atom. The molecule has 1 amide bonds. The van der Waals surface area contributed by atoms with Gasteiger partial charge >= 0.3 is 0 Å². The van der Waals surface area contributed by atoms with Gasteiger partial charge in [-0.3, -0.25) is 9.48 Å². The second-order valence-corrected chi connectivity index (χ2v) is 4.50. The lowest BCUT2D eigenvalue weighted by atomic mass is 10.3. The third kappa shape index (κ3) is 2.05. The first-order valence-corrected chi connectivity index (χ1v) is 6.03. The first-order chi connectivity index (χ1) is 9.54. The molecule has 102 valence electrons. The summed E-state index contributed by atoms with van der Waals surface area (Å²) in [5, 5.41) is 10.8. The molecule has 3 aromatic heterocycles. The summed E-state index contributed by atoms with van der Waals surface area (Å²) < 4.78 is 2.97. The van der Waals surface area contributed by atoms with E-state index in [9.17, 15) is 4.79 Å². The molecular formula is C11H10ClN7O. The van der Waals surface area contributed by atoms with Crippen molar-refractivity contribution in [3.63, 3.8) is 0 Å². The minimum Gasteiger partial charge on any atom is -0.384 e. The van der Waals surface area contributed by atoms with Crippen molar-refractivity contribution in [2.24, 2.45) is 7.05 Å². The number of aryl methyl sites for hydroxylation is 1. The Kier molecular flexibility index (Phi) is 2.79. The van der Waals surface area contributed by atoms with Crippen molar-refractivity contribution in [1.82, 2.24) is 24.4 Å². The predicted octanol–water partition coefficient (Wildman–Crippen LogP) is 0.951. The molecule has 0 fully saturated rings. The first-order valence-electron chi connectivity index (χ1n) is 5.65. The van der Waals surface area contributed by atoms with Gasteiger partial charge < -0.3 is 11.1 Å². The van der Waals surface area contributed by atoms with Crippen LogP contribution in [0, 0.1) is 0 Å². The van der Waals surface area contributed by atoms with Crippen molar-refractivity contribution in [1.29, 1.82) is 0 Å². The number of carbonyl (C=O) groups is 1. The number of aromatic nitrogens is 5. The molecule has 3 aromatic rings. The van der Waals surface area contributed by atoms with Gasteiger partial charge in [-0.2, -0.15) is 10.2 Å². The SMILES string of the molecule is Cn1cc(NC(=O)c2cnn3ccc(N)nc23)c(Cl)n1. The summed E-state index contributed by atoms with van der Waals surface area (Å²) in [5.41, 5.74) is 6.71. The monoisotopic (exact) mass is 291 g/mol. The molecule has 0 aliphatic carbocycles. The summed E-state index contributed by atoms with van der Waals surface area (Å²) in [7, 11) is 1.71. The van der Waals surface area contributed by atoms with E-state index in [4.69, 9.17) is 17.3 Å². The van der Waals surface area contributed by atoms with Crippen LogP contribution in [-0.4, -0.2) is 30.3 Å². The van der Waals surface area contributed by atoms with Crippen LogP contribution in [0.3, 0.4) is 0 Å². The Balaban J connectivity index is 1.96. The zero-order valence-electron chi connectivity index (χ0n) is 10.4. The molecule has 8 nitrogen and oxygen atoms in total. The topological polar surface area (TPSA) is 103 Å². The number of halogens is 1. The molecule has 0 aliphatic heterocycles. The molecule has 0 radical (unpaired) electrons. The third-order valence-corrected chi connectivity index (χ3v) is 2.95. The third-order valence-electron chi connectivity index (χ3n) is 2.67. The molecule has 0 aliphatic rings. The molecule has 0 aromatic carbocycles. The Morgan fingerprint density at radius 1 is 1.50 bits per heavy atom. The molecule has 0 saturated heterocycles. The van der Waals surface area contributed by atoms with Crippen molar-refractivity contribution in [2.45, 2.75) is 0 Å². The quantitative estimate of drug-likeness (QED) is 0.731. The van der Waals surface area contributed by atoms with Crippen molar-refractivity contribution in [2.75, 3.05) is 11.1 Å². The molecule has 0 atom stereocenters. The average molecular weight is 292 g/mol. The molecule has 3 N–H and O–H groups in total. The molecular weight excluding hydrogens is 282 g/mol. The average Bonchev–Trinajstić information content (AvgIpc) is 2.93. The number of rotatable bonds is 2. The normalized spacial score (nSPS) is 10.9. The fourth-order valence-corrected chi connectivity index (χ4v) is 1.99. The number of carbonyl (C=O) groups excluding carboxylic acids is 1. The highest BCUT2D eigenvalue weighted by atomic mass is 35.5. The molecule has 0 spiro atoms. The van der Waals surface area contributed by atoms with Gasteiger partial charge in [0.05, 0.1) is 11.9 Å². The number of nitrogens with two attached hydrogens (primary N) is 1. The van der Waals surface area contributed by atoms with E-state index in [0.717, 1.165) is 0 Å². The molecule has 3 rings (SSSR count). The van der Waals surface area contributed by atoms with Crippen molar-refractivity contribution in [3.8, 4) is 0 Å². The highest BCUT2D eigenvalue weighted by Gasteiger charge is 2.16. The lowest BCUT2D eigenvalue weighted by Crippen LogP contribution is -2.12. The van der Waals surface area contributed by atoms with Gasteiger partial charge in [0, 0.05) is 19.4 Å². The Labute approximate surface area is 118 Å². The maximum Gasteiger partial charge on any atom is 0.261 e. The van der Waals surface area contributed by atoms with E-state index >= 15 is 0 Å². The van der Waals surface area contributed by atoms with Crippen LogP contribution in [0.25, 0.3) is 5.65 Å². The number of amides is 1. The standard InChI is InChI=1S/C11H10ClN7O/c1-18-5-7(9(12)17-18)15-11(20)6-4-14-19-3-2-8(13)16-10(6)19/h2-5H,1H3,(H2,13,16)(H,15,20). The summed E-state index contributed by atoms with van der Waals surface area (Å²) in [6.45, 7) is 0. The van der Waals surface area contributed by atoms with Crippen LogP contribution in [0.1, 0.15) is 10.4 Å². The first kappa shape index (κ1) is 12.4. The number of nitrogens with one attached hydrogen (secondary N) is 1. The lowest BCUT2D eigenvalue weighted by molar-refractivity contribution is 0.102. The number of hydrogen-bond donors (Lipinski definition) is 2. The maximum absolute atomic E-state index is 12.2. The van der Waals surface area contributed by atoms with Crippen LogP contribution < -0.4 is 11.1 Å². The van der Waals surface area contributed by atoms with E-state index in [0.29, 0.717) is 22.7 Å². The summed E-state index contributed by atoms with van der Waals surface area (Å²) in [5.74, 6) is -0.0699. The fraction of sp³-hybridized carbons (Fsp3) is 0.0909. The zero-order chi connectivity index (χ0) is 14.3. The van der Waals surface area contributed by atoms with Crippen LogP contribution in [0.5, 0.6) is 0 Å². The van der Waals surface area contributed by atoms with E-state index in [1.807, 2.05) is 0 Å². The summed E-state index contributed by atoms with van der Waals surface area (Å²) in [6, 6.07) is 1.60. The molecule has 20 heavy (non-hydrogen) atoms. The Hall–Kier alpha value is -2.61. The van der Waals surface area contributed by atoms with Crippen LogP contribution in [0.2, 0.25) is 5.15 Å². The minimum atomic E-state index is -0.381. The van der Waals surface area contributed by atoms with E-state index < -0.39 is 0 Å². The molecule has 0 saturated carbocycles. The largest absolute Gasteiger partial charge is 0.384 e. The van der Waals surface area contributed by atoms with Crippen molar-refractivity contribution >= 4 is 34.7 Å². The second kappa shape index (κ2) is 4.49. The summed E-state index contributed by atoms with van der Waals surface area (Å²) in [6.07, 6.45) is 4.65. The number of nitrogen functional groups attached to an aromatic ring is 1. The van der Waals surface area contributed by atoms with Gasteiger partial charge in [0.25, 0.3) is 5.91 Å². The van der Waals surface area contributed by atoms with Gasteiger partial charge in [-0.1, -0.05) is 11.6 Å². The number of nitrogens with zero attached hydrogens (tertiary/aromatic N) is 5.